The van der Waals surface area contributed by atoms with E-state index in [2.05, 4.69) is 0 Å². The van der Waals surface area contributed by atoms with Crippen molar-refractivity contribution >= 4 is 10.0 Å². The van der Waals surface area contributed by atoms with Crippen molar-refractivity contribution in [3.63, 3.8) is 0 Å². The SMILES string of the molecule is Cc1cc(F)c(S(=O)(=O)N(C)CC2CCCC2O)cc1F. The molecule has 0 bridgehead atoms. The molecule has 1 aromatic carbocycles. The van der Waals surface area contributed by atoms with Gasteiger partial charge in [-0.2, -0.15) is 0 Å². The fourth-order valence-corrected chi connectivity index (χ4v) is 3.93. The van der Waals surface area contributed by atoms with Crippen molar-refractivity contribution in [1.29, 1.82) is 0 Å². The number of rotatable bonds is 4. The van der Waals surface area contributed by atoms with E-state index in [1.165, 1.54) is 14.0 Å². The van der Waals surface area contributed by atoms with Crippen molar-refractivity contribution in [2.24, 2.45) is 5.92 Å². The zero-order valence-electron chi connectivity index (χ0n) is 12.0. The summed E-state index contributed by atoms with van der Waals surface area (Å²) in [7, 11) is -2.80. The maximum Gasteiger partial charge on any atom is 0.245 e. The summed E-state index contributed by atoms with van der Waals surface area (Å²) in [5.74, 6) is -1.89. The van der Waals surface area contributed by atoms with Crippen molar-refractivity contribution < 1.29 is 22.3 Å². The maximum atomic E-state index is 13.9. The Morgan fingerprint density at radius 1 is 1.29 bits per heavy atom. The number of hydrogen-bond donors (Lipinski definition) is 1. The van der Waals surface area contributed by atoms with Gasteiger partial charge >= 0.3 is 0 Å². The highest BCUT2D eigenvalue weighted by atomic mass is 32.2. The molecule has 0 aromatic heterocycles. The number of aryl methyl sites for hydroxylation is 1. The van der Waals surface area contributed by atoms with Gasteiger partial charge in [0, 0.05) is 13.6 Å². The van der Waals surface area contributed by atoms with E-state index in [0.29, 0.717) is 12.5 Å². The number of halogens is 2. The Kier molecular flexibility index (Phi) is 4.65. The van der Waals surface area contributed by atoms with Gasteiger partial charge in [-0.05, 0) is 43.4 Å². The van der Waals surface area contributed by atoms with Gasteiger partial charge in [0.15, 0.2) is 0 Å². The summed E-state index contributed by atoms with van der Waals surface area (Å²) < 4.78 is 53.1. The molecule has 2 unspecified atom stereocenters. The fourth-order valence-electron chi connectivity index (χ4n) is 2.65. The highest BCUT2D eigenvalue weighted by molar-refractivity contribution is 7.89. The van der Waals surface area contributed by atoms with E-state index in [0.717, 1.165) is 23.2 Å². The molecule has 7 heteroatoms. The zero-order valence-corrected chi connectivity index (χ0v) is 12.8. The summed E-state index contributed by atoms with van der Waals surface area (Å²) in [6.45, 7) is 1.46. The highest BCUT2D eigenvalue weighted by Gasteiger charge is 2.32. The lowest BCUT2D eigenvalue weighted by atomic mass is 10.1. The summed E-state index contributed by atoms with van der Waals surface area (Å²) in [5, 5.41) is 9.75. The van der Waals surface area contributed by atoms with Crippen LogP contribution in [-0.4, -0.2) is 37.5 Å². The molecule has 21 heavy (non-hydrogen) atoms. The smallest absolute Gasteiger partial charge is 0.245 e. The van der Waals surface area contributed by atoms with Gasteiger partial charge in [0.05, 0.1) is 6.10 Å². The number of sulfonamides is 1. The molecule has 0 spiro atoms. The summed E-state index contributed by atoms with van der Waals surface area (Å²) >= 11 is 0. The molecule has 0 saturated heterocycles. The second-order valence-corrected chi connectivity index (χ2v) is 7.59. The van der Waals surface area contributed by atoms with Crippen molar-refractivity contribution in [2.75, 3.05) is 13.6 Å². The topological polar surface area (TPSA) is 57.6 Å². The van der Waals surface area contributed by atoms with Crippen LogP contribution >= 0.6 is 0 Å². The summed E-state index contributed by atoms with van der Waals surface area (Å²) in [6, 6.07) is 1.59. The first-order valence-electron chi connectivity index (χ1n) is 6.83. The van der Waals surface area contributed by atoms with E-state index in [9.17, 15) is 22.3 Å². The van der Waals surface area contributed by atoms with Gasteiger partial charge in [-0.3, -0.25) is 0 Å². The van der Waals surface area contributed by atoms with Crippen LogP contribution in [0.25, 0.3) is 0 Å². The van der Waals surface area contributed by atoms with Crippen LogP contribution in [0.1, 0.15) is 24.8 Å². The van der Waals surface area contributed by atoms with Gasteiger partial charge in [0.25, 0.3) is 0 Å². The second kappa shape index (κ2) is 5.98. The molecule has 1 fully saturated rings. The highest BCUT2D eigenvalue weighted by Crippen LogP contribution is 2.28. The molecule has 118 valence electrons. The number of aliphatic hydroxyl groups is 1. The lowest BCUT2D eigenvalue weighted by Crippen LogP contribution is -2.35. The van der Waals surface area contributed by atoms with Gasteiger partial charge in [0.2, 0.25) is 10.0 Å². The standard InChI is InChI=1S/C14H19F2NO3S/c1-9-6-12(16)14(7-11(9)15)21(19,20)17(2)8-10-4-3-5-13(10)18/h6-7,10,13,18H,3-5,8H2,1-2H3. The molecule has 1 aromatic rings. The first kappa shape index (κ1) is 16.3. The summed E-state index contributed by atoms with van der Waals surface area (Å²) in [4.78, 5) is -0.666. The molecule has 1 aliphatic rings. The molecule has 2 atom stereocenters. The average Bonchev–Trinajstić information content (AvgIpc) is 2.79. The van der Waals surface area contributed by atoms with E-state index in [4.69, 9.17) is 0 Å². The predicted octanol–water partition coefficient (Wildman–Crippen LogP) is 2.05. The Balaban J connectivity index is 2.27. The van der Waals surface area contributed by atoms with Gasteiger partial charge in [-0.1, -0.05) is 6.42 Å². The monoisotopic (exact) mass is 319 g/mol. The maximum absolute atomic E-state index is 13.9. The van der Waals surface area contributed by atoms with E-state index in [1.54, 1.807) is 0 Å². The van der Waals surface area contributed by atoms with E-state index < -0.39 is 32.7 Å². The van der Waals surface area contributed by atoms with Crippen LogP contribution < -0.4 is 0 Å². The van der Waals surface area contributed by atoms with Crippen LogP contribution in [0.15, 0.2) is 17.0 Å². The van der Waals surface area contributed by atoms with Crippen LogP contribution in [0.3, 0.4) is 0 Å². The number of nitrogens with zero attached hydrogens (tertiary/aromatic N) is 1. The molecule has 4 nitrogen and oxygen atoms in total. The van der Waals surface area contributed by atoms with E-state index in [1.807, 2.05) is 0 Å². The largest absolute Gasteiger partial charge is 0.393 e. The molecule has 2 rings (SSSR count). The van der Waals surface area contributed by atoms with Crippen LogP contribution in [0.4, 0.5) is 8.78 Å². The third-order valence-corrected chi connectivity index (χ3v) is 5.85. The molecule has 0 amide bonds. The van der Waals surface area contributed by atoms with Gasteiger partial charge < -0.3 is 5.11 Å². The first-order chi connectivity index (χ1) is 9.73. The van der Waals surface area contributed by atoms with Crippen molar-refractivity contribution in [1.82, 2.24) is 4.31 Å². The Morgan fingerprint density at radius 2 is 1.95 bits per heavy atom. The second-order valence-electron chi connectivity index (χ2n) is 5.58. The Hall–Kier alpha value is -1.05. The normalized spacial score (nSPS) is 23.0. The van der Waals surface area contributed by atoms with Crippen LogP contribution in [0, 0.1) is 24.5 Å². The predicted molar refractivity (Wildman–Crippen MR) is 74.3 cm³/mol. The number of hydrogen-bond acceptors (Lipinski definition) is 3. The van der Waals surface area contributed by atoms with Gasteiger partial charge in [0.1, 0.15) is 16.5 Å². The summed E-state index contributed by atoms with van der Waals surface area (Å²) in [6.07, 6.45) is 1.67. The minimum absolute atomic E-state index is 0.0559. The molecule has 1 saturated carbocycles. The average molecular weight is 319 g/mol. The molecule has 0 heterocycles. The fraction of sp³-hybridized carbons (Fsp3) is 0.571. The third-order valence-electron chi connectivity index (χ3n) is 4.01. The van der Waals surface area contributed by atoms with Crippen molar-refractivity contribution in [2.45, 2.75) is 37.2 Å². The Bertz CT molecular complexity index is 633. The van der Waals surface area contributed by atoms with Gasteiger partial charge in [-0.15, -0.1) is 0 Å². The Labute approximate surface area is 123 Å². The first-order valence-corrected chi connectivity index (χ1v) is 8.27. The lowest BCUT2D eigenvalue weighted by molar-refractivity contribution is 0.123. The van der Waals surface area contributed by atoms with E-state index in [-0.39, 0.29) is 18.0 Å². The van der Waals surface area contributed by atoms with Crippen molar-refractivity contribution in [3.05, 3.63) is 29.3 Å². The minimum atomic E-state index is -4.11. The van der Waals surface area contributed by atoms with Crippen LogP contribution in [0.5, 0.6) is 0 Å². The number of aliphatic hydroxyl groups excluding tert-OH is 1. The van der Waals surface area contributed by atoms with E-state index >= 15 is 0 Å². The quantitative estimate of drug-likeness (QED) is 0.924. The molecule has 1 N–H and O–H groups in total. The molecule has 0 radical (unpaired) electrons. The minimum Gasteiger partial charge on any atom is -0.393 e. The zero-order chi connectivity index (χ0) is 15.8. The molecular formula is C14H19F2NO3S. The molecule has 1 aliphatic carbocycles. The number of benzene rings is 1. The summed E-state index contributed by atoms with van der Waals surface area (Å²) in [5.41, 5.74) is 0.0559. The van der Waals surface area contributed by atoms with Gasteiger partial charge in [-0.25, -0.2) is 21.5 Å². The van der Waals surface area contributed by atoms with Crippen LogP contribution in [0.2, 0.25) is 0 Å². The molecule has 0 aliphatic heterocycles. The van der Waals surface area contributed by atoms with Crippen molar-refractivity contribution in [3.8, 4) is 0 Å². The lowest BCUT2D eigenvalue weighted by Gasteiger charge is -2.23. The Morgan fingerprint density at radius 3 is 2.52 bits per heavy atom. The third kappa shape index (κ3) is 3.25. The molecular weight excluding hydrogens is 300 g/mol. The van der Waals surface area contributed by atoms with Crippen LogP contribution in [-0.2, 0) is 10.0 Å².